The fourth-order valence-corrected chi connectivity index (χ4v) is 3.60. The molecule has 0 saturated carbocycles. The molecule has 12 heavy (non-hydrogen) atoms. The Kier molecular flexibility index (Phi) is 4.11. The molecule has 0 saturated heterocycles. The third-order valence-electron chi connectivity index (χ3n) is 1.17. The molecule has 0 aliphatic rings. The maximum Gasteiger partial charge on any atom is 0.209 e. The molecule has 0 fully saturated rings. The molecule has 0 amide bonds. The van der Waals surface area contributed by atoms with Crippen LogP contribution in [0.15, 0.2) is 22.4 Å². The molecule has 0 unspecified atom stereocenters. The highest BCUT2D eigenvalue weighted by molar-refractivity contribution is 9.15. The average Bonchev–Trinajstić information content (AvgIpc) is 2.08. The zero-order valence-corrected chi connectivity index (χ0v) is 13.2. The van der Waals surface area contributed by atoms with Crippen molar-refractivity contribution in [3.63, 3.8) is 0 Å². The highest BCUT2D eigenvalue weighted by Crippen LogP contribution is 2.48. The summed E-state index contributed by atoms with van der Waals surface area (Å²) in [5, 5.41) is 11.4. The maximum atomic E-state index is 11.4. The molecular weight excluding hydrogens is 488 g/mol. The van der Waals surface area contributed by atoms with E-state index in [9.17, 15) is 5.11 Å². The molecule has 0 N–H and O–H groups in total. The first-order valence-corrected chi connectivity index (χ1v) is 6.61. The van der Waals surface area contributed by atoms with E-state index in [1.165, 1.54) is 0 Å². The summed E-state index contributed by atoms with van der Waals surface area (Å²) in [5.41, 5.74) is 0. The Morgan fingerprint density at radius 1 is 0.583 bits per heavy atom. The summed E-state index contributed by atoms with van der Waals surface area (Å²) in [4.78, 5) is 0. The quantitative estimate of drug-likeness (QED) is 0.333. The van der Waals surface area contributed by atoms with Crippen molar-refractivity contribution in [1.82, 2.24) is 0 Å². The maximum absolute atomic E-state index is 11.4. The SMILES string of the molecule is [O]c1c(Br)c(Br)c(Br)c(Br)c1Br. The molecule has 1 rings (SSSR count). The van der Waals surface area contributed by atoms with Crippen molar-refractivity contribution in [1.29, 1.82) is 0 Å². The lowest BCUT2D eigenvalue weighted by Crippen LogP contribution is -1.79. The van der Waals surface area contributed by atoms with Gasteiger partial charge in [0.2, 0.25) is 5.75 Å². The minimum atomic E-state index is -0.0862. The number of hydrogen-bond donors (Lipinski definition) is 0. The topological polar surface area (TPSA) is 19.9 Å². The molecule has 65 valence electrons. The van der Waals surface area contributed by atoms with Crippen LogP contribution in [-0.4, -0.2) is 0 Å². The van der Waals surface area contributed by atoms with Crippen molar-refractivity contribution in [3.8, 4) is 5.75 Å². The van der Waals surface area contributed by atoms with Crippen molar-refractivity contribution in [2.45, 2.75) is 0 Å². The van der Waals surface area contributed by atoms with Gasteiger partial charge in [-0.1, -0.05) is 0 Å². The smallest absolute Gasteiger partial charge is 0.209 e. The summed E-state index contributed by atoms with van der Waals surface area (Å²) in [6.07, 6.45) is 0. The Bertz CT molecular complexity index is 230. The minimum Gasteiger partial charge on any atom is -0.287 e. The molecule has 1 radical (unpaired) electrons. The molecule has 0 atom stereocenters. The van der Waals surface area contributed by atoms with Crippen molar-refractivity contribution >= 4 is 79.6 Å². The van der Waals surface area contributed by atoms with Gasteiger partial charge in [0, 0.05) is 4.47 Å². The van der Waals surface area contributed by atoms with E-state index in [4.69, 9.17) is 0 Å². The van der Waals surface area contributed by atoms with Crippen LogP contribution in [0.25, 0.3) is 0 Å². The molecule has 0 spiro atoms. The second kappa shape index (κ2) is 4.29. The highest BCUT2D eigenvalue weighted by atomic mass is 79.9. The van der Waals surface area contributed by atoms with Crippen LogP contribution in [-0.2, 0) is 5.11 Å². The number of benzene rings is 1. The third kappa shape index (κ3) is 1.92. The van der Waals surface area contributed by atoms with Gasteiger partial charge in [0.15, 0.2) is 0 Å². The Hall–Kier alpha value is 1.42. The molecular formula is C6Br5O. The lowest BCUT2D eigenvalue weighted by Gasteiger charge is -2.05. The lowest BCUT2D eigenvalue weighted by molar-refractivity contribution is 0.348. The van der Waals surface area contributed by atoms with Gasteiger partial charge < -0.3 is 0 Å². The molecule has 0 aliphatic heterocycles. The standard InChI is InChI=1S/C6Br5O/c7-1-2(8)4(10)6(12)5(11)3(1)9. The van der Waals surface area contributed by atoms with E-state index in [1.54, 1.807) is 0 Å². The van der Waals surface area contributed by atoms with E-state index in [0.717, 1.165) is 4.47 Å². The monoisotopic (exact) mass is 483 g/mol. The van der Waals surface area contributed by atoms with Gasteiger partial charge in [0.25, 0.3) is 0 Å². The first kappa shape index (κ1) is 11.5. The van der Waals surface area contributed by atoms with Crippen LogP contribution in [0.4, 0.5) is 0 Å². The van der Waals surface area contributed by atoms with Gasteiger partial charge in [0.05, 0.1) is 17.9 Å². The number of hydrogen-bond acceptors (Lipinski definition) is 0. The Balaban J connectivity index is 3.60. The largest absolute Gasteiger partial charge is 0.287 e. The highest BCUT2D eigenvalue weighted by Gasteiger charge is 2.17. The summed E-state index contributed by atoms with van der Waals surface area (Å²) in [7, 11) is 0. The number of rotatable bonds is 0. The van der Waals surface area contributed by atoms with Crippen LogP contribution in [0.1, 0.15) is 0 Å². The van der Waals surface area contributed by atoms with Crippen molar-refractivity contribution in [3.05, 3.63) is 22.4 Å². The van der Waals surface area contributed by atoms with E-state index in [0.29, 0.717) is 17.9 Å². The van der Waals surface area contributed by atoms with Crippen molar-refractivity contribution < 1.29 is 5.11 Å². The molecule has 0 aliphatic carbocycles. The van der Waals surface area contributed by atoms with Gasteiger partial charge in [-0.3, -0.25) is 5.11 Å². The minimum absolute atomic E-state index is 0.0862. The summed E-state index contributed by atoms with van der Waals surface area (Å²) in [5.74, 6) is -0.0862. The molecule has 6 heteroatoms. The summed E-state index contributed by atoms with van der Waals surface area (Å²) >= 11 is 16.2. The Morgan fingerprint density at radius 2 is 0.833 bits per heavy atom. The predicted octanol–water partition coefficient (Wildman–Crippen LogP) is 5.64. The van der Waals surface area contributed by atoms with Crippen molar-refractivity contribution in [2.75, 3.05) is 0 Å². The van der Waals surface area contributed by atoms with E-state index in [-0.39, 0.29) is 5.75 Å². The number of halogens is 5. The summed E-state index contributed by atoms with van der Waals surface area (Å²) in [6, 6.07) is 0. The predicted molar refractivity (Wildman–Crippen MR) is 65.1 cm³/mol. The van der Waals surface area contributed by atoms with E-state index < -0.39 is 0 Å². The second-order valence-corrected chi connectivity index (χ2v) is 5.86. The van der Waals surface area contributed by atoms with E-state index in [1.807, 2.05) is 0 Å². The first-order valence-electron chi connectivity index (χ1n) is 2.65. The van der Waals surface area contributed by atoms with Crippen LogP contribution in [0.5, 0.6) is 5.75 Å². The summed E-state index contributed by atoms with van der Waals surface area (Å²) < 4.78 is 3.24. The fourth-order valence-electron chi connectivity index (χ4n) is 0.585. The molecule has 0 bridgehead atoms. The first-order chi connectivity index (χ1) is 5.46. The zero-order valence-electron chi connectivity index (χ0n) is 5.30. The van der Waals surface area contributed by atoms with Crippen LogP contribution in [0.2, 0.25) is 0 Å². The van der Waals surface area contributed by atoms with E-state index in [2.05, 4.69) is 79.6 Å². The van der Waals surface area contributed by atoms with Crippen LogP contribution in [0, 0.1) is 0 Å². The van der Waals surface area contributed by atoms with Gasteiger partial charge in [-0.05, 0) is 79.6 Å². The van der Waals surface area contributed by atoms with Crippen LogP contribution >= 0.6 is 79.6 Å². The Morgan fingerprint density at radius 3 is 1.17 bits per heavy atom. The van der Waals surface area contributed by atoms with Gasteiger partial charge in [-0.2, -0.15) is 0 Å². The van der Waals surface area contributed by atoms with Crippen LogP contribution in [0.3, 0.4) is 0 Å². The van der Waals surface area contributed by atoms with Gasteiger partial charge in [-0.15, -0.1) is 0 Å². The second-order valence-electron chi connectivity index (χ2n) is 1.90. The lowest BCUT2D eigenvalue weighted by atomic mass is 10.3. The zero-order chi connectivity index (χ0) is 9.46. The van der Waals surface area contributed by atoms with Crippen LogP contribution < -0.4 is 0 Å². The normalized spacial score (nSPS) is 10.4. The third-order valence-corrected chi connectivity index (χ3v) is 7.19. The van der Waals surface area contributed by atoms with Gasteiger partial charge in [-0.25, -0.2) is 0 Å². The molecule has 1 aromatic carbocycles. The van der Waals surface area contributed by atoms with Gasteiger partial charge in [0.1, 0.15) is 0 Å². The average molecular weight is 488 g/mol. The Labute approximate surface area is 112 Å². The summed E-state index contributed by atoms with van der Waals surface area (Å²) in [6.45, 7) is 0. The van der Waals surface area contributed by atoms with Crippen molar-refractivity contribution in [2.24, 2.45) is 0 Å². The fraction of sp³-hybridized carbons (Fsp3) is 0. The molecule has 0 aromatic heterocycles. The molecule has 1 aromatic rings. The van der Waals surface area contributed by atoms with E-state index >= 15 is 0 Å². The molecule has 1 nitrogen and oxygen atoms in total. The van der Waals surface area contributed by atoms with Gasteiger partial charge >= 0.3 is 0 Å². The molecule has 0 heterocycles.